The van der Waals surface area contributed by atoms with Crippen LogP contribution in [0.1, 0.15) is 16.1 Å². The Hall–Kier alpha value is -2.45. The molecule has 2 aromatic rings. The maximum atomic E-state index is 12.6. The van der Waals surface area contributed by atoms with E-state index in [0.29, 0.717) is 43.2 Å². The summed E-state index contributed by atoms with van der Waals surface area (Å²) in [6, 6.07) is 9.27. The monoisotopic (exact) mass is 361 g/mol. The maximum absolute atomic E-state index is 12.6. The molecule has 0 bridgehead atoms. The van der Waals surface area contributed by atoms with Gasteiger partial charge in [0.2, 0.25) is 0 Å². The lowest BCUT2D eigenvalue weighted by Gasteiger charge is -2.27. The molecule has 1 aliphatic rings. The number of rotatable bonds is 4. The summed E-state index contributed by atoms with van der Waals surface area (Å²) in [6.07, 6.45) is 1.53. The van der Waals surface area contributed by atoms with E-state index >= 15 is 0 Å². The van der Waals surface area contributed by atoms with Crippen molar-refractivity contribution in [2.45, 2.75) is 11.8 Å². The summed E-state index contributed by atoms with van der Waals surface area (Å²) < 4.78 is 32.9. The number of aromatic nitrogens is 1. The van der Waals surface area contributed by atoms with Gasteiger partial charge in [-0.25, -0.2) is 8.42 Å². The van der Waals surface area contributed by atoms with Crippen molar-refractivity contribution in [3.8, 4) is 0 Å². The second-order valence-corrected chi connectivity index (χ2v) is 7.41. The number of nitrogens with one attached hydrogen (secondary N) is 1. The molecule has 3 rings (SSSR count). The number of amides is 1. The van der Waals surface area contributed by atoms with Crippen LogP contribution < -0.4 is 4.72 Å². The predicted octanol–water partition coefficient (Wildman–Crippen LogP) is 1.66. The number of hydrogen-bond donors (Lipinski definition) is 1. The van der Waals surface area contributed by atoms with E-state index in [0.717, 1.165) is 0 Å². The average molecular weight is 361 g/mol. The standard InChI is InChI=1S/C17H19N3O4S/c1-13-11-15(5-6-18-13)19-25(22,23)16-4-2-3-14(12-16)17(21)20-7-9-24-10-8-20/h2-6,11-12H,7-10H2,1H3,(H,18,19). The molecule has 0 saturated carbocycles. The predicted molar refractivity (Wildman–Crippen MR) is 92.9 cm³/mol. The molecule has 0 radical (unpaired) electrons. The molecule has 1 N–H and O–H groups in total. The van der Waals surface area contributed by atoms with E-state index in [1.807, 2.05) is 0 Å². The van der Waals surface area contributed by atoms with E-state index in [2.05, 4.69) is 9.71 Å². The molecule has 1 saturated heterocycles. The summed E-state index contributed by atoms with van der Waals surface area (Å²) in [5.74, 6) is -0.194. The molecule has 7 nitrogen and oxygen atoms in total. The van der Waals surface area contributed by atoms with Gasteiger partial charge in [-0.1, -0.05) is 6.07 Å². The first-order chi connectivity index (χ1) is 12.0. The molecule has 1 aliphatic heterocycles. The van der Waals surface area contributed by atoms with Gasteiger partial charge in [-0.15, -0.1) is 0 Å². The van der Waals surface area contributed by atoms with Crippen LogP contribution in [0.3, 0.4) is 0 Å². The number of ether oxygens (including phenoxy) is 1. The summed E-state index contributed by atoms with van der Waals surface area (Å²) in [7, 11) is -3.79. The van der Waals surface area contributed by atoms with Crippen LogP contribution in [0.15, 0.2) is 47.5 Å². The Bertz CT molecular complexity index is 877. The third-order valence-electron chi connectivity index (χ3n) is 3.84. The number of sulfonamides is 1. The molecule has 0 spiro atoms. The van der Waals surface area contributed by atoms with Crippen molar-refractivity contribution < 1.29 is 17.9 Å². The highest BCUT2D eigenvalue weighted by molar-refractivity contribution is 7.92. The average Bonchev–Trinajstić information content (AvgIpc) is 2.61. The van der Waals surface area contributed by atoms with Crippen LogP contribution in [0.2, 0.25) is 0 Å². The molecule has 0 aliphatic carbocycles. The van der Waals surface area contributed by atoms with Crippen molar-refractivity contribution in [2.24, 2.45) is 0 Å². The van der Waals surface area contributed by atoms with Gasteiger partial charge in [0.15, 0.2) is 0 Å². The number of hydrogen-bond acceptors (Lipinski definition) is 5. The van der Waals surface area contributed by atoms with Gasteiger partial charge in [-0.3, -0.25) is 14.5 Å². The highest BCUT2D eigenvalue weighted by atomic mass is 32.2. The van der Waals surface area contributed by atoms with Crippen molar-refractivity contribution >= 4 is 21.6 Å². The van der Waals surface area contributed by atoms with E-state index in [1.165, 1.54) is 18.3 Å². The fourth-order valence-corrected chi connectivity index (χ4v) is 3.66. The van der Waals surface area contributed by atoms with Crippen LogP contribution >= 0.6 is 0 Å². The van der Waals surface area contributed by atoms with E-state index in [4.69, 9.17) is 4.74 Å². The summed E-state index contributed by atoms with van der Waals surface area (Å²) in [5, 5.41) is 0. The zero-order valence-corrected chi connectivity index (χ0v) is 14.6. The van der Waals surface area contributed by atoms with Crippen LogP contribution in [-0.2, 0) is 14.8 Å². The molecule has 132 valence electrons. The number of aryl methyl sites for hydroxylation is 1. The number of benzene rings is 1. The molecular weight excluding hydrogens is 342 g/mol. The Morgan fingerprint density at radius 3 is 2.68 bits per heavy atom. The fourth-order valence-electron chi connectivity index (χ4n) is 2.57. The van der Waals surface area contributed by atoms with Gasteiger partial charge >= 0.3 is 0 Å². The second-order valence-electron chi connectivity index (χ2n) is 5.72. The first-order valence-corrected chi connectivity index (χ1v) is 9.36. The first kappa shape index (κ1) is 17.4. The molecule has 2 heterocycles. The highest BCUT2D eigenvalue weighted by Crippen LogP contribution is 2.18. The molecule has 1 fully saturated rings. The summed E-state index contributed by atoms with van der Waals surface area (Å²) in [6.45, 7) is 3.77. The number of nitrogens with zero attached hydrogens (tertiary/aromatic N) is 2. The van der Waals surface area contributed by atoms with Gasteiger partial charge in [-0.05, 0) is 37.3 Å². The molecule has 0 atom stereocenters. The van der Waals surface area contributed by atoms with Crippen LogP contribution in [0.5, 0.6) is 0 Å². The van der Waals surface area contributed by atoms with Crippen molar-refractivity contribution in [2.75, 3.05) is 31.0 Å². The number of anilines is 1. The van der Waals surface area contributed by atoms with Crippen molar-refractivity contribution in [1.29, 1.82) is 0 Å². The second kappa shape index (κ2) is 7.20. The van der Waals surface area contributed by atoms with Gasteiger partial charge in [-0.2, -0.15) is 0 Å². The maximum Gasteiger partial charge on any atom is 0.261 e. The van der Waals surface area contributed by atoms with Crippen LogP contribution in [0, 0.1) is 6.92 Å². The minimum absolute atomic E-state index is 0.0427. The van der Waals surface area contributed by atoms with Gasteiger partial charge in [0.25, 0.3) is 15.9 Å². The quantitative estimate of drug-likeness (QED) is 0.895. The molecule has 1 aromatic carbocycles. The molecule has 0 unspecified atom stereocenters. The van der Waals surface area contributed by atoms with Gasteiger partial charge in [0.05, 0.1) is 23.8 Å². The van der Waals surface area contributed by atoms with E-state index in [-0.39, 0.29) is 10.8 Å². The topological polar surface area (TPSA) is 88.6 Å². The normalized spacial score (nSPS) is 15.0. The van der Waals surface area contributed by atoms with E-state index in [1.54, 1.807) is 36.1 Å². The third-order valence-corrected chi connectivity index (χ3v) is 5.22. The minimum atomic E-state index is -3.79. The molecular formula is C17H19N3O4S. The SMILES string of the molecule is Cc1cc(NS(=O)(=O)c2cccc(C(=O)N3CCOCC3)c2)ccn1. The molecule has 1 aromatic heterocycles. The largest absolute Gasteiger partial charge is 0.378 e. The number of morpholine rings is 1. The van der Waals surface area contributed by atoms with Crippen LogP contribution in [-0.4, -0.2) is 50.5 Å². The van der Waals surface area contributed by atoms with E-state index < -0.39 is 10.0 Å². The molecule has 25 heavy (non-hydrogen) atoms. The molecule has 8 heteroatoms. The lowest BCUT2D eigenvalue weighted by atomic mass is 10.2. The Kier molecular flexibility index (Phi) is 5.00. The van der Waals surface area contributed by atoms with Crippen LogP contribution in [0.25, 0.3) is 0 Å². The Morgan fingerprint density at radius 1 is 1.20 bits per heavy atom. The van der Waals surface area contributed by atoms with Gasteiger partial charge in [0.1, 0.15) is 0 Å². The molecule has 1 amide bonds. The van der Waals surface area contributed by atoms with Crippen LogP contribution in [0.4, 0.5) is 5.69 Å². The van der Waals surface area contributed by atoms with E-state index in [9.17, 15) is 13.2 Å². The third kappa shape index (κ3) is 4.15. The smallest absolute Gasteiger partial charge is 0.261 e. The Balaban J connectivity index is 1.83. The number of pyridine rings is 1. The highest BCUT2D eigenvalue weighted by Gasteiger charge is 2.21. The van der Waals surface area contributed by atoms with Gasteiger partial charge in [0, 0.05) is 30.5 Å². The Morgan fingerprint density at radius 2 is 1.96 bits per heavy atom. The van der Waals surface area contributed by atoms with Crippen molar-refractivity contribution in [3.05, 3.63) is 53.9 Å². The Labute approximate surface area is 146 Å². The summed E-state index contributed by atoms with van der Waals surface area (Å²) >= 11 is 0. The van der Waals surface area contributed by atoms with Gasteiger partial charge < -0.3 is 9.64 Å². The number of carbonyl (C=O) groups is 1. The summed E-state index contributed by atoms with van der Waals surface area (Å²) in [4.78, 5) is 18.3. The van der Waals surface area contributed by atoms with Crippen molar-refractivity contribution in [1.82, 2.24) is 9.88 Å². The number of carbonyl (C=O) groups excluding carboxylic acids is 1. The van der Waals surface area contributed by atoms with Crippen molar-refractivity contribution in [3.63, 3.8) is 0 Å². The lowest BCUT2D eigenvalue weighted by molar-refractivity contribution is 0.0302. The lowest BCUT2D eigenvalue weighted by Crippen LogP contribution is -2.40. The fraction of sp³-hybridized carbons (Fsp3) is 0.294. The minimum Gasteiger partial charge on any atom is -0.378 e. The zero-order valence-electron chi connectivity index (χ0n) is 13.8. The zero-order chi connectivity index (χ0) is 17.9. The first-order valence-electron chi connectivity index (χ1n) is 7.88. The summed E-state index contributed by atoms with van der Waals surface area (Å²) in [5.41, 5.74) is 1.48.